The number of methoxy groups -OCH3 is 2. The number of hydrogen-bond donors (Lipinski definition) is 2. The van der Waals surface area contributed by atoms with Crippen LogP contribution in [-0.4, -0.2) is 36.0 Å². The molecule has 0 heterocycles. The molecule has 0 atom stereocenters. The van der Waals surface area contributed by atoms with E-state index in [4.69, 9.17) is 9.47 Å². The van der Waals surface area contributed by atoms with E-state index < -0.39 is 25.0 Å². The molecule has 180 valence electrons. The Morgan fingerprint density at radius 3 is 2.00 bits per heavy atom. The monoisotopic (exact) mass is 507 g/mol. The fourth-order valence-electron chi connectivity index (χ4n) is 2.96. The van der Waals surface area contributed by atoms with Gasteiger partial charge in [0.1, 0.15) is 11.5 Å². The summed E-state index contributed by atoms with van der Waals surface area (Å²) in [5.41, 5.74) is 0.252. The van der Waals surface area contributed by atoms with E-state index in [1.165, 1.54) is 69.7 Å². The van der Waals surface area contributed by atoms with Gasteiger partial charge in [-0.25, -0.2) is 16.8 Å². The Morgan fingerprint density at radius 1 is 0.794 bits per heavy atom. The number of anilines is 2. The number of ether oxygens (including phenoxy) is 2. The van der Waals surface area contributed by atoms with Gasteiger partial charge in [0.25, 0.3) is 25.7 Å². The predicted octanol–water partition coefficient (Wildman–Crippen LogP) is 3.52. The van der Waals surface area contributed by atoms with Crippen LogP contribution in [0.25, 0.3) is 0 Å². The number of hydrogen-bond acceptors (Lipinski definition) is 8. The van der Waals surface area contributed by atoms with Gasteiger partial charge in [-0.15, -0.1) is 0 Å². The van der Waals surface area contributed by atoms with Crippen molar-refractivity contribution in [3.05, 3.63) is 76.3 Å². The molecule has 0 unspecified atom stereocenters. The summed E-state index contributed by atoms with van der Waals surface area (Å²) in [6, 6.07) is 13.1. The SMILES string of the molecule is COc1ccc(NS(=O)(=O)c2ccc(NS(=O)(=O)c3ccc(C)c([N+](=O)[O-])c3)cc2)c(OC)c1. The van der Waals surface area contributed by atoms with Crippen molar-refractivity contribution < 1.29 is 31.2 Å². The first kappa shape index (κ1) is 24.8. The van der Waals surface area contributed by atoms with Gasteiger partial charge in [-0.05, 0) is 49.4 Å². The molecule has 0 fully saturated rings. The minimum Gasteiger partial charge on any atom is -0.497 e. The van der Waals surface area contributed by atoms with E-state index in [0.717, 1.165) is 6.07 Å². The molecule has 0 radical (unpaired) electrons. The van der Waals surface area contributed by atoms with Crippen LogP contribution >= 0.6 is 0 Å². The normalized spacial score (nSPS) is 11.5. The van der Waals surface area contributed by atoms with Crippen LogP contribution in [0.15, 0.2) is 70.5 Å². The van der Waals surface area contributed by atoms with Crippen LogP contribution in [0.5, 0.6) is 11.5 Å². The third kappa shape index (κ3) is 5.38. The van der Waals surface area contributed by atoms with Gasteiger partial charge in [0.15, 0.2) is 0 Å². The van der Waals surface area contributed by atoms with E-state index in [-0.39, 0.29) is 32.6 Å². The maximum Gasteiger partial charge on any atom is 0.273 e. The smallest absolute Gasteiger partial charge is 0.273 e. The minimum atomic E-state index is -4.15. The lowest BCUT2D eigenvalue weighted by atomic mass is 10.2. The fourth-order valence-corrected chi connectivity index (χ4v) is 5.10. The molecule has 0 saturated heterocycles. The van der Waals surface area contributed by atoms with Gasteiger partial charge in [-0.2, -0.15) is 0 Å². The molecule has 0 saturated carbocycles. The van der Waals surface area contributed by atoms with Crippen LogP contribution in [0.3, 0.4) is 0 Å². The van der Waals surface area contributed by atoms with Crippen molar-refractivity contribution in [3.8, 4) is 11.5 Å². The van der Waals surface area contributed by atoms with Crippen molar-refractivity contribution >= 4 is 37.1 Å². The molecule has 3 rings (SSSR count). The van der Waals surface area contributed by atoms with Gasteiger partial charge in [-0.3, -0.25) is 19.6 Å². The largest absolute Gasteiger partial charge is 0.497 e. The van der Waals surface area contributed by atoms with Crippen molar-refractivity contribution in [2.75, 3.05) is 23.7 Å². The van der Waals surface area contributed by atoms with E-state index in [1.54, 1.807) is 6.07 Å². The lowest BCUT2D eigenvalue weighted by Gasteiger charge is -2.13. The summed E-state index contributed by atoms with van der Waals surface area (Å²) < 4.78 is 65.8. The van der Waals surface area contributed by atoms with Gasteiger partial charge >= 0.3 is 0 Å². The molecule has 3 aromatic rings. The number of nitrogens with one attached hydrogen (secondary N) is 2. The van der Waals surface area contributed by atoms with Gasteiger partial charge < -0.3 is 9.47 Å². The number of nitro benzene ring substituents is 1. The first-order chi connectivity index (χ1) is 16.0. The summed E-state index contributed by atoms with van der Waals surface area (Å²) in [7, 11) is -5.32. The lowest BCUT2D eigenvalue weighted by molar-refractivity contribution is -0.385. The Balaban J connectivity index is 1.82. The Labute approximate surface area is 196 Å². The standard InChI is InChI=1S/C21H21N3O8S2/c1-14-4-8-18(13-20(14)24(25)26)34(29,30)22-15-5-9-17(10-6-15)33(27,28)23-19-11-7-16(31-2)12-21(19)32-3/h4-13,22-23H,1-3H3. The summed E-state index contributed by atoms with van der Waals surface area (Å²) in [5.74, 6) is 0.731. The van der Waals surface area contributed by atoms with Crippen LogP contribution in [-0.2, 0) is 20.0 Å². The number of rotatable bonds is 9. The molecule has 0 aliphatic heterocycles. The highest BCUT2D eigenvalue weighted by atomic mass is 32.2. The molecule has 0 aliphatic rings. The Hall–Kier alpha value is -3.84. The third-order valence-electron chi connectivity index (χ3n) is 4.76. The molecule has 3 aromatic carbocycles. The summed E-state index contributed by atoms with van der Waals surface area (Å²) >= 11 is 0. The first-order valence-corrected chi connectivity index (χ1v) is 12.6. The number of nitro groups is 1. The summed E-state index contributed by atoms with van der Waals surface area (Å²) in [6.45, 7) is 1.50. The topological polar surface area (TPSA) is 154 Å². The second kappa shape index (κ2) is 9.57. The lowest BCUT2D eigenvalue weighted by Crippen LogP contribution is -2.15. The molecule has 34 heavy (non-hydrogen) atoms. The number of aryl methyl sites for hydroxylation is 1. The van der Waals surface area contributed by atoms with E-state index in [1.807, 2.05) is 0 Å². The van der Waals surface area contributed by atoms with Crippen molar-refractivity contribution in [3.63, 3.8) is 0 Å². The average Bonchev–Trinajstić information content (AvgIpc) is 2.79. The molecular weight excluding hydrogens is 486 g/mol. The van der Waals surface area contributed by atoms with E-state index in [9.17, 15) is 26.9 Å². The second-order valence-corrected chi connectivity index (χ2v) is 10.4. The average molecular weight is 508 g/mol. The number of nitrogens with zero attached hydrogens (tertiary/aromatic N) is 1. The highest BCUT2D eigenvalue weighted by molar-refractivity contribution is 7.93. The Bertz CT molecular complexity index is 1440. The van der Waals surface area contributed by atoms with Crippen molar-refractivity contribution in [2.45, 2.75) is 16.7 Å². The van der Waals surface area contributed by atoms with Gasteiger partial charge in [0.05, 0.1) is 34.6 Å². The summed E-state index contributed by atoms with van der Waals surface area (Å²) in [4.78, 5) is 10.0. The van der Waals surface area contributed by atoms with Crippen molar-refractivity contribution in [2.24, 2.45) is 0 Å². The summed E-state index contributed by atoms with van der Waals surface area (Å²) in [5, 5.41) is 11.1. The van der Waals surface area contributed by atoms with Crippen LogP contribution in [0.2, 0.25) is 0 Å². The fraction of sp³-hybridized carbons (Fsp3) is 0.143. The second-order valence-electron chi connectivity index (χ2n) is 7.01. The molecule has 0 aliphatic carbocycles. The minimum absolute atomic E-state index is 0.0733. The first-order valence-electron chi connectivity index (χ1n) is 9.59. The highest BCUT2D eigenvalue weighted by Crippen LogP contribution is 2.31. The maximum atomic E-state index is 12.8. The zero-order valence-electron chi connectivity index (χ0n) is 18.3. The number of benzene rings is 3. The Morgan fingerprint density at radius 2 is 1.41 bits per heavy atom. The zero-order chi connectivity index (χ0) is 25.1. The van der Waals surface area contributed by atoms with Crippen molar-refractivity contribution in [1.29, 1.82) is 0 Å². The molecule has 0 bridgehead atoms. The molecule has 0 aromatic heterocycles. The van der Waals surface area contributed by atoms with Gasteiger partial charge in [-0.1, -0.05) is 6.07 Å². The quantitative estimate of drug-likeness (QED) is 0.329. The molecule has 13 heteroatoms. The molecule has 11 nitrogen and oxygen atoms in total. The predicted molar refractivity (Wildman–Crippen MR) is 125 cm³/mol. The van der Waals surface area contributed by atoms with Crippen LogP contribution in [0.1, 0.15) is 5.56 Å². The third-order valence-corrected chi connectivity index (χ3v) is 7.52. The molecule has 0 amide bonds. The molecule has 0 spiro atoms. The number of sulfonamides is 2. The van der Waals surface area contributed by atoms with Crippen LogP contribution < -0.4 is 18.9 Å². The molecule has 2 N–H and O–H groups in total. The van der Waals surface area contributed by atoms with Crippen molar-refractivity contribution in [1.82, 2.24) is 0 Å². The molecular formula is C21H21N3O8S2. The van der Waals surface area contributed by atoms with E-state index in [2.05, 4.69) is 9.44 Å². The highest BCUT2D eigenvalue weighted by Gasteiger charge is 2.21. The zero-order valence-corrected chi connectivity index (χ0v) is 19.9. The maximum absolute atomic E-state index is 12.8. The van der Waals surface area contributed by atoms with Gasteiger partial charge in [0.2, 0.25) is 0 Å². The van der Waals surface area contributed by atoms with E-state index in [0.29, 0.717) is 11.3 Å². The Kier molecular flexibility index (Phi) is 6.98. The summed E-state index contributed by atoms with van der Waals surface area (Å²) in [6.07, 6.45) is 0. The van der Waals surface area contributed by atoms with Gasteiger partial charge in [0, 0.05) is 23.4 Å². The van der Waals surface area contributed by atoms with Crippen LogP contribution in [0, 0.1) is 17.0 Å². The van der Waals surface area contributed by atoms with Crippen LogP contribution in [0.4, 0.5) is 17.1 Å². The van der Waals surface area contributed by atoms with E-state index >= 15 is 0 Å².